The molecule has 98 valence electrons. The second-order valence-electron chi connectivity index (χ2n) is 5.48. The number of nitrogens with two attached hydrogens (primary N) is 1. The van der Waals surface area contributed by atoms with E-state index >= 15 is 0 Å². The molecule has 0 bridgehead atoms. The van der Waals surface area contributed by atoms with Gasteiger partial charge in [-0.05, 0) is 24.8 Å². The highest BCUT2D eigenvalue weighted by atomic mass is 16.2. The van der Waals surface area contributed by atoms with E-state index in [4.69, 9.17) is 5.73 Å². The smallest absolute Gasteiger partial charge is 0.222 e. The maximum atomic E-state index is 11.7. The molecular formula is C12H23N3O2. The van der Waals surface area contributed by atoms with Crippen LogP contribution in [-0.2, 0) is 9.59 Å². The van der Waals surface area contributed by atoms with Crippen LogP contribution in [0, 0.1) is 5.41 Å². The first-order valence-corrected chi connectivity index (χ1v) is 6.19. The van der Waals surface area contributed by atoms with Crippen LogP contribution in [-0.4, -0.2) is 30.9 Å². The molecule has 1 unspecified atom stereocenters. The predicted octanol–water partition coefficient (Wildman–Crippen LogP) is 0.146. The van der Waals surface area contributed by atoms with Gasteiger partial charge in [0.15, 0.2) is 0 Å². The normalized spacial score (nSPS) is 20.2. The highest BCUT2D eigenvalue weighted by Gasteiger charge is 2.24. The lowest BCUT2D eigenvalue weighted by molar-refractivity contribution is -0.122. The maximum absolute atomic E-state index is 11.7. The lowest BCUT2D eigenvalue weighted by Gasteiger charge is -2.23. The molecular weight excluding hydrogens is 218 g/mol. The molecule has 0 aromatic rings. The van der Waals surface area contributed by atoms with Gasteiger partial charge >= 0.3 is 0 Å². The van der Waals surface area contributed by atoms with E-state index in [1.54, 1.807) is 0 Å². The summed E-state index contributed by atoms with van der Waals surface area (Å²) >= 11 is 0. The molecule has 1 fully saturated rings. The molecule has 1 heterocycles. The zero-order chi connectivity index (χ0) is 12.9. The molecule has 2 amide bonds. The van der Waals surface area contributed by atoms with Crippen LogP contribution in [0.1, 0.15) is 39.5 Å². The van der Waals surface area contributed by atoms with Gasteiger partial charge in [-0.25, -0.2) is 0 Å². The molecule has 0 radical (unpaired) electrons. The van der Waals surface area contributed by atoms with E-state index in [2.05, 4.69) is 24.5 Å². The van der Waals surface area contributed by atoms with Crippen molar-refractivity contribution in [3.05, 3.63) is 0 Å². The summed E-state index contributed by atoms with van der Waals surface area (Å²) in [6.45, 7) is 5.44. The number of carbonyl (C=O) groups excluding carboxylic acids is 2. The number of carbonyl (C=O) groups is 2. The second-order valence-corrected chi connectivity index (χ2v) is 5.48. The Morgan fingerprint density at radius 3 is 2.76 bits per heavy atom. The van der Waals surface area contributed by atoms with Crippen LogP contribution in [0.5, 0.6) is 0 Å². The molecule has 0 saturated carbocycles. The van der Waals surface area contributed by atoms with Gasteiger partial charge in [-0.1, -0.05) is 13.8 Å². The van der Waals surface area contributed by atoms with E-state index in [1.807, 2.05) is 0 Å². The predicted molar refractivity (Wildman–Crippen MR) is 66.2 cm³/mol. The Hall–Kier alpha value is -1.10. The molecule has 1 atom stereocenters. The molecule has 1 aliphatic rings. The first-order valence-electron chi connectivity index (χ1n) is 6.19. The van der Waals surface area contributed by atoms with Crippen LogP contribution in [0.4, 0.5) is 0 Å². The Morgan fingerprint density at radius 2 is 2.24 bits per heavy atom. The van der Waals surface area contributed by atoms with Crippen molar-refractivity contribution in [1.82, 2.24) is 10.6 Å². The molecule has 0 aliphatic carbocycles. The summed E-state index contributed by atoms with van der Waals surface area (Å²) in [7, 11) is 0. The first-order chi connectivity index (χ1) is 7.93. The average molecular weight is 241 g/mol. The minimum absolute atomic E-state index is 0.0127. The third kappa shape index (κ3) is 5.17. The maximum Gasteiger partial charge on any atom is 0.222 e. The minimum atomic E-state index is -0.0346. The van der Waals surface area contributed by atoms with Gasteiger partial charge in [0.1, 0.15) is 0 Å². The highest BCUT2D eigenvalue weighted by Crippen LogP contribution is 2.25. The van der Waals surface area contributed by atoms with Crippen molar-refractivity contribution in [2.75, 3.05) is 13.1 Å². The summed E-state index contributed by atoms with van der Waals surface area (Å²) in [6.07, 6.45) is 2.64. The van der Waals surface area contributed by atoms with Crippen molar-refractivity contribution in [3.8, 4) is 0 Å². The highest BCUT2D eigenvalue weighted by molar-refractivity contribution is 5.82. The fourth-order valence-corrected chi connectivity index (χ4v) is 1.97. The van der Waals surface area contributed by atoms with Gasteiger partial charge in [0, 0.05) is 19.4 Å². The summed E-state index contributed by atoms with van der Waals surface area (Å²) < 4.78 is 0. The lowest BCUT2D eigenvalue weighted by Crippen LogP contribution is -2.36. The van der Waals surface area contributed by atoms with Gasteiger partial charge < -0.3 is 16.4 Å². The Balaban J connectivity index is 2.23. The average Bonchev–Trinajstić information content (AvgIpc) is 2.61. The van der Waals surface area contributed by atoms with Gasteiger partial charge in [-0.2, -0.15) is 0 Å². The van der Waals surface area contributed by atoms with Crippen molar-refractivity contribution in [3.63, 3.8) is 0 Å². The van der Waals surface area contributed by atoms with Crippen LogP contribution < -0.4 is 16.4 Å². The van der Waals surface area contributed by atoms with Crippen molar-refractivity contribution in [1.29, 1.82) is 0 Å². The zero-order valence-electron chi connectivity index (χ0n) is 10.7. The molecule has 4 N–H and O–H groups in total. The molecule has 5 nitrogen and oxygen atoms in total. The molecule has 17 heavy (non-hydrogen) atoms. The van der Waals surface area contributed by atoms with Crippen LogP contribution in [0.3, 0.4) is 0 Å². The van der Waals surface area contributed by atoms with Crippen LogP contribution >= 0.6 is 0 Å². The fraction of sp³-hybridized carbons (Fsp3) is 0.833. The van der Waals surface area contributed by atoms with Crippen molar-refractivity contribution >= 4 is 11.8 Å². The molecule has 5 heteroatoms. The van der Waals surface area contributed by atoms with Crippen LogP contribution in [0.2, 0.25) is 0 Å². The second kappa shape index (κ2) is 6.00. The van der Waals surface area contributed by atoms with Crippen LogP contribution in [0.15, 0.2) is 0 Å². The lowest BCUT2D eigenvalue weighted by atomic mass is 9.84. The number of hydrogen-bond donors (Lipinski definition) is 3. The molecule has 1 aliphatic heterocycles. The van der Waals surface area contributed by atoms with Gasteiger partial charge in [-0.15, -0.1) is 0 Å². The summed E-state index contributed by atoms with van der Waals surface area (Å²) in [6, 6.07) is -0.0346. The van der Waals surface area contributed by atoms with E-state index in [1.165, 1.54) is 0 Å². The largest absolute Gasteiger partial charge is 0.354 e. The Labute approximate surface area is 103 Å². The van der Waals surface area contributed by atoms with E-state index in [9.17, 15) is 9.59 Å². The van der Waals surface area contributed by atoms with Gasteiger partial charge in [0.05, 0.1) is 6.04 Å². The Bertz CT molecular complexity index is 289. The number of nitrogens with one attached hydrogen (secondary N) is 2. The molecule has 1 saturated heterocycles. The van der Waals surface area contributed by atoms with Crippen LogP contribution in [0.25, 0.3) is 0 Å². The monoisotopic (exact) mass is 241 g/mol. The summed E-state index contributed by atoms with van der Waals surface area (Å²) in [5.41, 5.74) is 5.63. The van der Waals surface area contributed by atoms with Gasteiger partial charge in [-0.3, -0.25) is 9.59 Å². The number of rotatable bonds is 6. The minimum Gasteiger partial charge on any atom is -0.354 e. The summed E-state index contributed by atoms with van der Waals surface area (Å²) in [5, 5.41) is 5.57. The Morgan fingerprint density at radius 1 is 1.53 bits per heavy atom. The first kappa shape index (κ1) is 14.0. The molecule has 0 spiro atoms. The molecule has 0 aromatic heterocycles. The number of amides is 2. The van der Waals surface area contributed by atoms with E-state index in [0.717, 1.165) is 12.8 Å². The van der Waals surface area contributed by atoms with E-state index < -0.39 is 0 Å². The Kier molecular flexibility index (Phi) is 4.93. The summed E-state index contributed by atoms with van der Waals surface area (Å²) in [4.78, 5) is 22.6. The fourth-order valence-electron chi connectivity index (χ4n) is 1.97. The SMILES string of the molecule is CC(C)(CCN)CCC(=O)NC1CNC(=O)C1. The zero-order valence-corrected chi connectivity index (χ0v) is 10.7. The van der Waals surface area contributed by atoms with Gasteiger partial charge in [0.25, 0.3) is 0 Å². The van der Waals surface area contributed by atoms with Crippen molar-refractivity contribution in [2.24, 2.45) is 11.1 Å². The third-order valence-electron chi connectivity index (χ3n) is 3.19. The quantitative estimate of drug-likeness (QED) is 0.618. The van der Waals surface area contributed by atoms with Crippen molar-refractivity contribution in [2.45, 2.75) is 45.6 Å². The topological polar surface area (TPSA) is 84.2 Å². The molecule has 0 aromatic carbocycles. The van der Waals surface area contributed by atoms with Gasteiger partial charge in [0.2, 0.25) is 11.8 Å². The summed E-state index contributed by atoms with van der Waals surface area (Å²) in [5.74, 6) is 0.0374. The van der Waals surface area contributed by atoms with Crippen molar-refractivity contribution < 1.29 is 9.59 Å². The van der Waals surface area contributed by atoms with E-state index in [0.29, 0.717) is 25.9 Å². The number of hydrogen-bond acceptors (Lipinski definition) is 3. The third-order valence-corrected chi connectivity index (χ3v) is 3.19. The molecule has 1 rings (SSSR count). The van der Waals surface area contributed by atoms with E-state index in [-0.39, 0.29) is 23.3 Å². The standard InChI is InChI=1S/C12H23N3O2/c1-12(2,5-6-13)4-3-10(16)15-9-7-11(17)14-8-9/h9H,3-8,13H2,1-2H3,(H,14,17)(H,15,16).